The molecule has 1 aromatic heterocycles. The van der Waals surface area contributed by atoms with Crippen molar-refractivity contribution >= 4 is 17.5 Å². The zero-order valence-electron chi connectivity index (χ0n) is 12.0. The van der Waals surface area contributed by atoms with Crippen molar-refractivity contribution in [2.75, 3.05) is 13.1 Å². The second-order valence-electron chi connectivity index (χ2n) is 5.67. The Morgan fingerprint density at radius 3 is 2.86 bits per heavy atom. The average Bonchev–Trinajstić information content (AvgIpc) is 2.97. The molecular weight excluding hydrogens is 286 g/mol. The summed E-state index contributed by atoms with van der Waals surface area (Å²) in [6, 6.07) is 9.25. The van der Waals surface area contributed by atoms with Crippen LogP contribution in [-0.2, 0) is 0 Å². The molecule has 1 aromatic carbocycles. The van der Waals surface area contributed by atoms with Gasteiger partial charge in [-0.15, -0.1) is 0 Å². The van der Waals surface area contributed by atoms with E-state index in [1.54, 1.807) is 0 Å². The minimum absolute atomic E-state index is 0.0364. The number of hydrogen-bond donors (Lipinski definition) is 1. The first-order valence-electron chi connectivity index (χ1n) is 7.24. The van der Waals surface area contributed by atoms with Crippen molar-refractivity contribution in [3.63, 3.8) is 0 Å². The number of halogens is 1. The van der Waals surface area contributed by atoms with Crippen LogP contribution < -0.4 is 0 Å². The Morgan fingerprint density at radius 1 is 1.38 bits per heavy atom. The molecule has 0 spiro atoms. The monoisotopic (exact) mass is 303 g/mol. The average molecular weight is 304 g/mol. The van der Waals surface area contributed by atoms with Crippen molar-refractivity contribution in [3.05, 3.63) is 41.0 Å². The number of nitrogens with one attached hydrogen (secondary N) is 1. The van der Waals surface area contributed by atoms with Crippen LogP contribution in [0.4, 0.5) is 0 Å². The molecule has 1 fully saturated rings. The molecule has 1 saturated heterocycles. The maximum Gasteiger partial charge on any atom is 0.271 e. The molecule has 0 radical (unpaired) electrons. The number of carbonyl (C=O) groups is 1. The van der Waals surface area contributed by atoms with Gasteiger partial charge in [-0.05, 0) is 37.0 Å². The zero-order chi connectivity index (χ0) is 14.8. The first-order valence-corrected chi connectivity index (χ1v) is 7.62. The van der Waals surface area contributed by atoms with Crippen molar-refractivity contribution in [3.8, 4) is 11.3 Å². The van der Waals surface area contributed by atoms with E-state index in [0.29, 0.717) is 16.6 Å². The number of H-pyrrole nitrogens is 1. The van der Waals surface area contributed by atoms with Crippen LogP contribution in [0.3, 0.4) is 0 Å². The Hall–Kier alpha value is -1.81. The number of rotatable bonds is 2. The standard InChI is InChI=1S/C16H18ClN3O/c1-11-3-2-8-20(10-11)16(21)15-9-14(18-19-15)12-4-6-13(17)7-5-12/h4-7,9,11H,2-3,8,10H2,1H3,(H,18,19)/t11-/m0/s1. The SMILES string of the molecule is C[C@H]1CCCN(C(=O)c2cc(-c3ccc(Cl)cc3)n[nH]2)C1. The van der Waals surface area contributed by atoms with E-state index in [-0.39, 0.29) is 5.91 Å². The van der Waals surface area contributed by atoms with Crippen LogP contribution in [0.25, 0.3) is 11.3 Å². The van der Waals surface area contributed by atoms with Crippen molar-refractivity contribution in [1.82, 2.24) is 15.1 Å². The lowest BCUT2D eigenvalue weighted by molar-refractivity contribution is 0.0677. The van der Waals surface area contributed by atoms with E-state index in [4.69, 9.17) is 11.6 Å². The van der Waals surface area contributed by atoms with Gasteiger partial charge in [0.25, 0.3) is 5.91 Å². The van der Waals surface area contributed by atoms with E-state index in [2.05, 4.69) is 17.1 Å². The van der Waals surface area contributed by atoms with Crippen LogP contribution in [0.2, 0.25) is 5.02 Å². The Kier molecular flexibility index (Phi) is 3.97. The number of piperidine rings is 1. The molecule has 0 bridgehead atoms. The molecule has 0 saturated carbocycles. The smallest absolute Gasteiger partial charge is 0.271 e. The third-order valence-electron chi connectivity index (χ3n) is 3.89. The predicted molar refractivity (Wildman–Crippen MR) is 83.3 cm³/mol. The van der Waals surface area contributed by atoms with E-state index < -0.39 is 0 Å². The molecule has 0 aliphatic carbocycles. The molecular formula is C16H18ClN3O. The van der Waals surface area contributed by atoms with Gasteiger partial charge in [0.1, 0.15) is 5.69 Å². The minimum atomic E-state index is 0.0364. The van der Waals surface area contributed by atoms with Gasteiger partial charge in [-0.2, -0.15) is 5.10 Å². The van der Waals surface area contributed by atoms with Gasteiger partial charge in [-0.1, -0.05) is 30.7 Å². The number of likely N-dealkylation sites (tertiary alicyclic amines) is 1. The molecule has 0 unspecified atom stereocenters. The van der Waals surface area contributed by atoms with Crippen molar-refractivity contribution in [2.24, 2.45) is 5.92 Å². The summed E-state index contributed by atoms with van der Waals surface area (Å²) in [6.45, 7) is 3.85. The number of nitrogens with zero attached hydrogens (tertiary/aromatic N) is 2. The van der Waals surface area contributed by atoms with Crippen LogP contribution >= 0.6 is 11.6 Å². The van der Waals surface area contributed by atoms with E-state index in [1.807, 2.05) is 35.2 Å². The molecule has 1 aliphatic heterocycles. The normalized spacial score (nSPS) is 18.8. The summed E-state index contributed by atoms with van der Waals surface area (Å²) in [4.78, 5) is 14.4. The van der Waals surface area contributed by atoms with Gasteiger partial charge in [0.15, 0.2) is 0 Å². The van der Waals surface area contributed by atoms with Crippen LogP contribution in [0, 0.1) is 5.92 Å². The topological polar surface area (TPSA) is 49.0 Å². The van der Waals surface area contributed by atoms with Gasteiger partial charge in [0.2, 0.25) is 0 Å². The summed E-state index contributed by atoms with van der Waals surface area (Å²) >= 11 is 5.88. The van der Waals surface area contributed by atoms with Crippen LogP contribution in [-0.4, -0.2) is 34.1 Å². The maximum atomic E-state index is 12.5. The lowest BCUT2D eigenvalue weighted by Gasteiger charge is -2.30. The number of aromatic nitrogens is 2. The Bertz CT molecular complexity index is 635. The van der Waals surface area contributed by atoms with Gasteiger partial charge >= 0.3 is 0 Å². The maximum absolute atomic E-state index is 12.5. The highest BCUT2D eigenvalue weighted by Gasteiger charge is 2.23. The second kappa shape index (κ2) is 5.90. The van der Waals surface area contributed by atoms with Crippen LogP contribution in [0.15, 0.2) is 30.3 Å². The molecule has 1 atom stereocenters. The fraction of sp³-hybridized carbons (Fsp3) is 0.375. The molecule has 1 amide bonds. The van der Waals surface area contributed by atoms with E-state index in [0.717, 1.165) is 30.8 Å². The predicted octanol–water partition coefficient (Wildman–Crippen LogP) is 3.60. The van der Waals surface area contributed by atoms with Crippen molar-refractivity contribution < 1.29 is 4.79 Å². The molecule has 1 N–H and O–H groups in total. The van der Waals surface area contributed by atoms with Gasteiger partial charge in [-0.3, -0.25) is 9.89 Å². The largest absolute Gasteiger partial charge is 0.337 e. The van der Waals surface area contributed by atoms with Gasteiger partial charge in [0, 0.05) is 23.7 Å². The number of carbonyl (C=O) groups excluding carboxylic acids is 1. The fourth-order valence-corrected chi connectivity index (χ4v) is 2.87. The van der Waals surface area contributed by atoms with Gasteiger partial charge < -0.3 is 4.90 Å². The number of hydrogen-bond acceptors (Lipinski definition) is 2. The van der Waals surface area contributed by atoms with Crippen molar-refractivity contribution in [2.45, 2.75) is 19.8 Å². The second-order valence-corrected chi connectivity index (χ2v) is 6.11. The Balaban J connectivity index is 1.78. The fourth-order valence-electron chi connectivity index (χ4n) is 2.74. The molecule has 1 aliphatic rings. The Labute approximate surface area is 129 Å². The van der Waals surface area contributed by atoms with E-state index in [1.165, 1.54) is 6.42 Å². The highest BCUT2D eigenvalue weighted by molar-refractivity contribution is 6.30. The number of benzene rings is 1. The zero-order valence-corrected chi connectivity index (χ0v) is 12.7. The number of amides is 1. The summed E-state index contributed by atoms with van der Waals surface area (Å²) in [7, 11) is 0. The third kappa shape index (κ3) is 3.10. The van der Waals surface area contributed by atoms with Gasteiger partial charge in [0.05, 0.1) is 5.69 Å². The Morgan fingerprint density at radius 2 is 2.14 bits per heavy atom. The molecule has 2 heterocycles. The summed E-state index contributed by atoms with van der Waals surface area (Å²) in [5.74, 6) is 0.607. The summed E-state index contributed by atoms with van der Waals surface area (Å²) in [5.41, 5.74) is 2.26. The lowest BCUT2D eigenvalue weighted by atomic mass is 10.00. The number of aromatic amines is 1. The molecule has 3 rings (SSSR count). The van der Waals surface area contributed by atoms with Crippen LogP contribution in [0.5, 0.6) is 0 Å². The van der Waals surface area contributed by atoms with Gasteiger partial charge in [-0.25, -0.2) is 0 Å². The molecule has 2 aromatic rings. The molecule has 21 heavy (non-hydrogen) atoms. The first kappa shape index (κ1) is 14.1. The summed E-state index contributed by atoms with van der Waals surface area (Å²) in [5, 5.41) is 7.78. The van der Waals surface area contributed by atoms with Crippen molar-refractivity contribution in [1.29, 1.82) is 0 Å². The summed E-state index contributed by atoms with van der Waals surface area (Å²) < 4.78 is 0. The highest BCUT2D eigenvalue weighted by atomic mass is 35.5. The molecule has 110 valence electrons. The quantitative estimate of drug-likeness (QED) is 0.921. The van der Waals surface area contributed by atoms with Crippen LogP contribution in [0.1, 0.15) is 30.3 Å². The van der Waals surface area contributed by atoms with E-state index >= 15 is 0 Å². The third-order valence-corrected chi connectivity index (χ3v) is 4.14. The lowest BCUT2D eigenvalue weighted by Crippen LogP contribution is -2.39. The minimum Gasteiger partial charge on any atom is -0.337 e. The van der Waals surface area contributed by atoms with E-state index in [9.17, 15) is 4.79 Å². The summed E-state index contributed by atoms with van der Waals surface area (Å²) in [6.07, 6.45) is 2.27. The molecule has 5 heteroatoms. The first-order chi connectivity index (χ1) is 10.1. The highest BCUT2D eigenvalue weighted by Crippen LogP contribution is 2.22. The molecule has 4 nitrogen and oxygen atoms in total.